The number of aryl methyl sites for hydroxylation is 1. The van der Waals surface area contributed by atoms with Gasteiger partial charge >= 0.3 is 0 Å². The summed E-state index contributed by atoms with van der Waals surface area (Å²) in [7, 11) is 0. The molecular weight excluding hydrogens is 300 g/mol. The molecule has 4 heteroatoms. The van der Waals surface area contributed by atoms with Crippen LogP contribution in [-0.2, 0) is 11.2 Å². The first-order chi connectivity index (χ1) is 11.7. The number of hydrogen-bond donors (Lipinski definition) is 0. The van der Waals surface area contributed by atoms with Crippen molar-refractivity contribution in [1.82, 2.24) is 9.88 Å². The van der Waals surface area contributed by atoms with Crippen molar-refractivity contribution in [2.45, 2.75) is 51.0 Å². The Balaban J connectivity index is 1.36. The van der Waals surface area contributed by atoms with Gasteiger partial charge in [0, 0.05) is 31.5 Å². The Kier molecular flexibility index (Phi) is 4.13. The molecule has 126 valence electrons. The van der Waals surface area contributed by atoms with Crippen molar-refractivity contribution in [1.29, 1.82) is 0 Å². The van der Waals surface area contributed by atoms with E-state index in [0.717, 1.165) is 42.5 Å². The number of furan rings is 1. The van der Waals surface area contributed by atoms with Crippen molar-refractivity contribution < 1.29 is 9.21 Å². The van der Waals surface area contributed by atoms with Crippen LogP contribution in [0.4, 0.5) is 0 Å². The number of likely N-dealkylation sites (tertiary alicyclic amines) is 1. The minimum Gasteiger partial charge on any atom is -0.466 e. The van der Waals surface area contributed by atoms with Crippen LogP contribution in [0.3, 0.4) is 0 Å². The number of carbonyl (C=O) groups excluding carboxylic acids is 1. The van der Waals surface area contributed by atoms with Crippen molar-refractivity contribution in [3.8, 4) is 0 Å². The van der Waals surface area contributed by atoms with Crippen LogP contribution in [0.2, 0.25) is 0 Å². The lowest BCUT2D eigenvalue weighted by Crippen LogP contribution is -2.31. The summed E-state index contributed by atoms with van der Waals surface area (Å²) in [4.78, 5) is 19.1. The lowest BCUT2D eigenvalue weighted by atomic mass is 10.1. The van der Waals surface area contributed by atoms with Gasteiger partial charge in [-0.3, -0.25) is 9.78 Å². The van der Waals surface area contributed by atoms with Crippen LogP contribution >= 0.6 is 0 Å². The molecule has 2 fully saturated rings. The fourth-order valence-corrected chi connectivity index (χ4v) is 3.77. The third kappa shape index (κ3) is 3.10. The van der Waals surface area contributed by atoms with E-state index >= 15 is 0 Å². The van der Waals surface area contributed by atoms with E-state index in [9.17, 15) is 4.79 Å². The maximum Gasteiger partial charge on any atom is 0.223 e. The molecule has 0 unspecified atom stereocenters. The van der Waals surface area contributed by atoms with Gasteiger partial charge in [0.05, 0.1) is 11.7 Å². The molecule has 3 heterocycles. The summed E-state index contributed by atoms with van der Waals surface area (Å²) < 4.78 is 5.92. The van der Waals surface area contributed by atoms with Gasteiger partial charge < -0.3 is 9.32 Å². The third-order valence-corrected chi connectivity index (χ3v) is 5.34. The summed E-state index contributed by atoms with van der Waals surface area (Å²) in [5.74, 6) is 3.58. The Bertz CT molecular complexity index is 709. The summed E-state index contributed by atoms with van der Waals surface area (Å²) >= 11 is 0. The molecular formula is C20H24N2O2. The fourth-order valence-electron chi connectivity index (χ4n) is 3.77. The van der Waals surface area contributed by atoms with Crippen LogP contribution in [0.1, 0.15) is 61.8 Å². The zero-order valence-corrected chi connectivity index (χ0v) is 14.1. The molecule has 4 nitrogen and oxygen atoms in total. The fraction of sp³-hybridized carbons (Fsp3) is 0.500. The highest BCUT2D eigenvalue weighted by molar-refractivity contribution is 5.77. The summed E-state index contributed by atoms with van der Waals surface area (Å²) in [6, 6.07) is 10.2. The Hall–Kier alpha value is -2.10. The van der Waals surface area contributed by atoms with Crippen LogP contribution in [0.5, 0.6) is 0 Å². The van der Waals surface area contributed by atoms with E-state index in [1.54, 1.807) is 6.20 Å². The molecule has 1 aliphatic heterocycles. The van der Waals surface area contributed by atoms with E-state index in [1.807, 2.05) is 29.2 Å². The maximum atomic E-state index is 12.7. The Morgan fingerprint density at radius 3 is 2.96 bits per heavy atom. The largest absolute Gasteiger partial charge is 0.466 e. The highest BCUT2D eigenvalue weighted by Crippen LogP contribution is 2.47. The quantitative estimate of drug-likeness (QED) is 0.832. The van der Waals surface area contributed by atoms with E-state index in [1.165, 1.54) is 6.42 Å². The molecule has 2 aromatic rings. The number of nitrogens with zero attached hydrogens (tertiary/aromatic N) is 2. The molecule has 0 bridgehead atoms. The molecule has 0 aromatic carbocycles. The smallest absolute Gasteiger partial charge is 0.223 e. The van der Waals surface area contributed by atoms with Crippen LogP contribution in [0, 0.1) is 5.92 Å². The zero-order chi connectivity index (χ0) is 16.5. The standard InChI is InChI=1S/C20H24N2O2/c1-14-13-16(14)19-9-7-15(24-19)8-10-20(23)22-12-4-6-18(22)17-5-2-3-11-21-17/h2-3,5,7,9,11,14,16,18H,4,6,8,10,12-13H2,1H3/t14-,16-,18-/m1/s1. The van der Waals surface area contributed by atoms with Gasteiger partial charge in [-0.15, -0.1) is 0 Å². The van der Waals surface area contributed by atoms with Crippen molar-refractivity contribution in [3.05, 3.63) is 53.7 Å². The van der Waals surface area contributed by atoms with Gasteiger partial charge in [0.25, 0.3) is 0 Å². The Labute approximate surface area is 142 Å². The van der Waals surface area contributed by atoms with E-state index in [4.69, 9.17) is 4.42 Å². The predicted molar refractivity (Wildman–Crippen MR) is 91.5 cm³/mol. The Morgan fingerprint density at radius 1 is 1.33 bits per heavy atom. The SMILES string of the molecule is C[C@@H]1C[C@H]1c1ccc(CCC(=O)N2CCC[C@@H]2c2ccccn2)o1. The van der Waals surface area contributed by atoms with E-state index in [-0.39, 0.29) is 11.9 Å². The lowest BCUT2D eigenvalue weighted by molar-refractivity contribution is -0.132. The van der Waals surface area contributed by atoms with Gasteiger partial charge in [-0.2, -0.15) is 0 Å². The van der Waals surface area contributed by atoms with Gasteiger partial charge in [-0.25, -0.2) is 0 Å². The normalized spacial score (nSPS) is 25.9. The van der Waals surface area contributed by atoms with Crippen LogP contribution in [-0.4, -0.2) is 22.3 Å². The second-order valence-electron chi connectivity index (χ2n) is 7.12. The topological polar surface area (TPSA) is 46.3 Å². The number of aromatic nitrogens is 1. The first-order valence-corrected chi connectivity index (χ1v) is 9.01. The van der Waals surface area contributed by atoms with Gasteiger partial charge in [0.2, 0.25) is 5.91 Å². The molecule has 1 amide bonds. The molecule has 0 N–H and O–H groups in total. The molecule has 4 rings (SSSR count). The van der Waals surface area contributed by atoms with Crippen LogP contribution < -0.4 is 0 Å². The number of carbonyl (C=O) groups is 1. The molecule has 2 aliphatic rings. The molecule has 0 radical (unpaired) electrons. The minimum absolute atomic E-state index is 0.137. The highest BCUT2D eigenvalue weighted by atomic mass is 16.3. The number of rotatable bonds is 5. The second kappa shape index (κ2) is 6.42. The van der Waals surface area contributed by atoms with Gasteiger partial charge in [-0.05, 0) is 49.4 Å². The van der Waals surface area contributed by atoms with E-state index in [2.05, 4.69) is 18.0 Å². The van der Waals surface area contributed by atoms with Crippen molar-refractivity contribution in [3.63, 3.8) is 0 Å². The minimum atomic E-state index is 0.137. The molecule has 24 heavy (non-hydrogen) atoms. The van der Waals surface area contributed by atoms with Gasteiger partial charge in [0.15, 0.2) is 0 Å². The molecule has 2 aromatic heterocycles. The maximum absolute atomic E-state index is 12.7. The summed E-state index contributed by atoms with van der Waals surface area (Å²) in [6.07, 6.45) is 6.29. The second-order valence-corrected chi connectivity index (χ2v) is 7.12. The molecule has 1 saturated heterocycles. The van der Waals surface area contributed by atoms with E-state index in [0.29, 0.717) is 18.8 Å². The number of amides is 1. The number of hydrogen-bond acceptors (Lipinski definition) is 3. The zero-order valence-electron chi connectivity index (χ0n) is 14.1. The lowest BCUT2D eigenvalue weighted by Gasteiger charge is -2.24. The first kappa shape index (κ1) is 15.4. The van der Waals surface area contributed by atoms with Gasteiger partial charge in [-0.1, -0.05) is 13.0 Å². The first-order valence-electron chi connectivity index (χ1n) is 9.01. The van der Waals surface area contributed by atoms with Crippen molar-refractivity contribution in [2.75, 3.05) is 6.54 Å². The van der Waals surface area contributed by atoms with E-state index < -0.39 is 0 Å². The number of pyridine rings is 1. The van der Waals surface area contributed by atoms with Crippen LogP contribution in [0.25, 0.3) is 0 Å². The monoisotopic (exact) mass is 324 g/mol. The highest BCUT2D eigenvalue weighted by Gasteiger charge is 2.36. The average Bonchev–Trinajstić information content (AvgIpc) is 3.05. The molecule has 1 saturated carbocycles. The Morgan fingerprint density at radius 2 is 2.21 bits per heavy atom. The van der Waals surface area contributed by atoms with Gasteiger partial charge in [0.1, 0.15) is 11.5 Å². The average molecular weight is 324 g/mol. The molecule has 0 spiro atoms. The van der Waals surface area contributed by atoms with Crippen LogP contribution in [0.15, 0.2) is 40.9 Å². The third-order valence-electron chi connectivity index (χ3n) is 5.34. The summed E-state index contributed by atoms with van der Waals surface area (Å²) in [5.41, 5.74) is 1.01. The summed E-state index contributed by atoms with van der Waals surface area (Å²) in [6.45, 7) is 3.09. The predicted octanol–water partition coefficient (Wildman–Crippen LogP) is 4.09. The van der Waals surface area contributed by atoms with Crippen molar-refractivity contribution >= 4 is 5.91 Å². The van der Waals surface area contributed by atoms with Crippen molar-refractivity contribution in [2.24, 2.45) is 5.92 Å². The summed E-state index contributed by atoms with van der Waals surface area (Å²) in [5, 5.41) is 0. The molecule has 1 aliphatic carbocycles. The molecule has 3 atom stereocenters.